The summed E-state index contributed by atoms with van der Waals surface area (Å²) in [4.78, 5) is 16.9. The molecule has 0 unspecified atom stereocenters. The van der Waals surface area contributed by atoms with Crippen molar-refractivity contribution in [2.45, 2.75) is 59.9 Å². The third-order valence-electron chi connectivity index (χ3n) is 5.26. The second-order valence-electron chi connectivity index (χ2n) is 7.34. The molecule has 28 heavy (non-hydrogen) atoms. The van der Waals surface area contributed by atoms with Gasteiger partial charge in [-0.2, -0.15) is 5.10 Å². The van der Waals surface area contributed by atoms with Crippen LogP contribution in [0.15, 0.2) is 24.3 Å². The number of aryl methyl sites for hydroxylation is 3. The van der Waals surface area contributed by atoms with Gasteiger partial charge in [-0.3, -0.25) is 4.79 Å². The Kier molecular flexibility index (Phi) is 5.77. The predicted octanol–water partition coefficient (Wildman–Crippen LogP) is 4.31. The first-order chi connectivity index (χ1) is 13.3. The molecule has 2 heterocycles. The number of amides is 1. The number of carbonyl (C=O) groups is 1. The molecule has 0 fully saturated rings. The monoisotopic (exact) mass is 382 g/mol. The molecule has 0 bridgehead atoms. The van der Waals surface area contributed by atoms with E-state index in [0.717, 1.165) is 45.8 Å². The molecule has 3 rings (SSSR count). The van der Waals surface area contributed by atoms with Gasteiger partial charge in [0.25, 0.3) is 0 Å². The van der Waals surface area contributed by atoms with E-state index >= 15 is 0 Å². The van der Waals surface area contributed by atoms with Gasteiger partial charge in [0.15, 0.2) is 5.65 Å². The van der Waals surface area contributed by atoms with Crippen LogP contribution in [0, 0.1) is 26.6 Å². The van der Waals surface area contributed by atoms with E-state index in [9.17, 15) is 9.18 Å². The molecule has 0 aliphatic heterocycles. The summed E-state index contributed by atoms with van der Waals surface area (Å²) in [5.74, 6) is -0.215. The number of nitrogens with one attached hydrogen (secondary N) is 1. The van der Waals surface area contributed by atoms with Crippen LogP contribution < -0.4 is 5.32 Å². The summed E-state index contributed by atoms with van der Waals surface area (Å²) in [7, 11) is 0. The normalized spacial score (nSPS) is 12.4. The zero-order valence-electron chi connectivity index (χ0n) is 17.1. The molecule has 3 aromatic rings. The lowest BCUT2D eigenvalue weighted by molar-refractivity contribution is -0.121. The summed E-state index contributed by atoms with van der Waals surface area (Å²) in [6.07, 6.45) is 1.95. The summed E-state index contributed by atoms with van der Waals surface area (Å²) in [5.41, 5.74) is 6.31. The molecular weight excluding hydrogens is 355 g/mol. The Labute approximate surface area is 165 Å². The zero-order chi connectivity index (χ0) is 20.4. The van der Waals surface area contributed by atoms with Gasteiger partial charge in [0.1, 0.15) is 5.82 Å². The second-order valence-corrected chi connectivity index (χ2v) is 7.34. The Balaban J connectivity index is 1.95. The molecule has 1 N–H and O–H groups in total. The van der Waals surface area contributed by atoms with Gasteiger partial charge in [-0.1, -0.05) is 19.1 Å². The average Bonchev–Trinajstić information content (AvgIpc) is 2.98. The Morgan fingerprint density at radius 2 is 1.86 bits per heavy atom. The molecule has 1 aromatic carbocycles. The number of nitrogens with zero attached hydrogens (tertiary/aromatic N) is 3. The largest absolute Gasteiger partial charge is 0.354 e. The molecule has 0 aliphatic carbocycles. The van der Waals surface area contributed by atoms with E-state index in [1.807, 2.05) is 32.2 Å². The predicted molar refractivity (Wildman–Crippen MR) is 109 cm³/mol. The van der Waals surface area contributed by atoms with Gasteiger partial charge in [-0.25, -0.2) is 13.9 Å². The third kappa shape index (κ3) is 3.91. The summed E-state index contributed by atoms with van der Waals surface area (Å²) in [5, 5.41) is 7.66. The number of rotatable bonds is 6. The van der Waals surface area contributed by atoms with E-state index in [2.05, 4.69) is 17.3 Å². The highest BCUT2D eigenvalue weighted by molar-refractivity contribution is 5.80. The lowest BCUT2D eigenvalue weighted by atomic mass is 10.0. The quantitative estimate of drug-likeness (QED) is 0.691. The van der Waals surface area contributed by atoms with Gasteiger partial charge in [-0.05, 0) is 63.8 Å². The molecule has 5 nitrogen and oxygen atoms in total. The van der Waals surface area contributed by atoms with Crippen LogP contribution in [0.25, 0.3) is 16.8 Å². The highest BCUT2D eigenvalue weighted by atomic mass is 19.1. The number of hydrogen-bond donors (Lipinski definition) is 1. The van der Waals surface area contributed by atoms with Crippen molar-refractivity contribution in [3.05, 3.63) is 52.7 Å². The summed E-state index contributed by atoms with van der Waals surface area (Å²) in [6, 6.07) is 6.57. The van der Waals surface area contributed by atoms with Gasteiger partial charge in [-0.15, -0.1) is 0 Å². The number of aromatic nitrogens is 3. The Hall–Kier alpha value is -2.76. The van der Waals surface area contributed by atoms with Gasteiger partial charge >= 0.3 is 0 Å². The van der Waals surface area contributed by atoms with E-state index in [4.69, 9.17) is 4.98 Å². The fourth-order valence-corrected chi connectivity index (χ4v) is 3.47. The summed E-state index contributed by atoms with van der Waals surface area (Å²) >= 11 is 0. The van der Waals surface area contributed by atoms with Crippen LogP contribution in [0.2, 0.25) is 0 Å². The lowest BCUT2D eigenvalue weighted by Crippen LogP contribution is -2.32. The molecule has 0 saturated heterocycles. The number of benzene rings is 1. The number of hydrogen-bond acceptors (Lipinski definition) is 3. The van der Waals surface area contributed by atoms with Crippen molar-refractivity contribution >= 4 is 11.6 Å². The van der Waals surface area contributed by atoms with E-state index in [-0.39, 0.29) is 17.8 Å². The Morgan fingerprint density at radius 3 is 2.50 bits per heavy atom. The highest BCUT2D eigenvalue weighted by Gasteiger charge is 2.18. The van der Waals surface area contributed by atoms with Gasteiger partial charge < -0.3 is 5.32 Å². The van der Waals surface area contributed by atoms with E-state index in [1.54, 1.807) is 12.1 Å². The summed E-state index contributed by atoms with van der Waals surface area (Å²) in [6.45, 7) is 9.96. The van der Waals surface area contributed by atoms with Crippen LogP contribution in [-0.2, 0) is 11.2 Å². The molecule has 0 aliphatic rings. The fourth-order valence-electron chi connectivity index (χ4n) is 3.47. The third-order valence-corrected chi connectivity index (χ3v) is 5.26. The molecule has 148 valence electrons. The lowest BCUT2D eigenvalue weighted by Gasteiger charge is -2.14. The first kappa shape index (κ1) is 20.0. The van der Waals surface area contributed by atoms with E-state index in [0.29, 0.717) is 12.8 Å². The van der Waals surface area contributed by atoms with Crippen molar-refractivity contribution in [3.8, 4) is 11.1 Å². The average molecular weight is 382 g/mol. The van der Waals surface area contributed by atoms with Crippen LogP contribution in [0.1, 0.15) is 49.3 Å². The molecule has 1 amide bonds. The van der Waals surface area contributed by atoms with Gasteiger partial charge in [0.05, 0.1) is 5.69 Å². The Morgan fingerprint density at radius 1 is 1.18 bits per heavy atom. The molecule has 2 aromatic heterocycles. The van der Waals surface area contributed by atoms with Gasteiger partial charge in [0, 0.05) is 29.4 Å². The Bertz CT molecular complexity index is 1010. The first-order valence-corrected chi connectivity index (χ1v) is 9.72. The van der Waals surface area contributed by atoms with E-state index in [1.165, 1.54) is 12.1 Å². The molecule has 0 spiro atoms. The second kappa shape index (κ2) is 8.09. The minimum Gasteiger partial charge on any atom is -0.354 e. The molecule has 0 radical (unpaired) electrons. The van der Waals surface area contributed by atoms with Crippen molar-refractivity contribution in [2.75, 3.05) is 0 Å². The highest BCUT2D eigenvalue weighted by Crippen LogP contribution is 2.29. The van der Waals surface area contributed by atoms with Crippen molar-refractivity contribution in [3.63, 3.8) is 0 Å². The van der Waals surface area contributed by atoms with Crippen molar-refractivity contribution in [2.24, 2.45) is 0 Å². The van der Waals surface area contributed by atoms with Crippen LogP contribution in [0.5, 0.6) is 0 Å². The van der Waals surface area contributed by atoms with Crippen LogP contribution in [-0.4, -0.2) is 26.5 Å². The molecule has 6 heteroatoms. The maximum atomic E-state index is 13.3. The number of fused-ring (bicyclic) bond motifs is 1. The van der Waals surface area contributed by atoms with Crippen LogP contribution in [0.4, 0.5) is 4.39 Å². The first-order valence-electron chi connectivity index (χ1n) is 9.72. The maximum Gasteiger partial charge on any atom is 0.220 e. The fraction of sp³-hybridized carbons (Fsp3) is 0.409. The molecular formula is C22H27FN4O. The number of carbonyl (C=O) groups excluding carboxylic acids is 1. The maximum absolute atomic E-state index is 13.3. The zero-order valence-corrected chi connectivity index (χ0v) is 17.1. The SMILES string of the molecule is CC[C@H](C)NC(=O)CCc1c(C)nc2c(-c3ccc(F)cc3)c(C)nn2c1C. The van der Waals surface area contributed by atoms with Crippen molar-refractivity contribution < 1.29 is 9.18 Å². The molecule has 0 saturated carbocycles. The van der Waals surface area contributed by atoms with Gasteiger partial charge in [0.2, 0.25) is 5.91 Å². The minimum absolute atomic E-state index is 0.0527. The smallest absolute Gasteiger partial charge is 0.220 e. The van der Waals surface area contributed by atoms with E-state index < -0.39 is 0 Å². The van der Waals surface area contributed by atoms with Crippen molar-refractivity contribution in [1.82, 2.24) is 19.9 Å². The molecule has 1 atom stereocenters. The number of halogens is 1. The standard InChI is InChI=1S/C22H27FN4O/c1-6-13(2)24-20(28)12-11-19-14(3)25-22-21(15(4)26-27(22)16(19)5)17-7-9-18(23)10-8-17/h7-10,13H,6,11-12H2,1-5H3,(H,24,28)/t13-/m0/s1. The minimum atomic E-state index is -0.267. The van der Waals surface area contributed by atoms with Crippen LogP contribution >= 0.6 is 0 Å². The topological polar surface area (TPSA) is 59.3 Å². The van der Waals surface area contributed by atoms with Crippen LogP contribution in [0.3, 0.4) is 0 Å². The van der Waals surface area contributed by atoms with Crippen molar-refractivity contribution in [1.29, 1.82) is 0 Å². The summed E-state index contributed by atoms with van der Waals surface area (Å²) < 4.78 is 15.1.